The molecule has 5 aromatic rings. The Bertz CT molecular complexity index is 2730. The van der Waals surface area contributed by atoms with E-state index >= 15 is 0 Å². The second kappa shape index (κ2) is 16.5. The van der Waals surface area contributed by atoms with E-state index in [1.54, 1.807) is 13.2 Å². The minimum Gasteiger partial charge on any atom is -0.496 e. The van der Waals surface area contributed by atoms with Crippen LogP contribution in [-0.2, 0) is 24.4 Å². The minimum atomic E-state index is -4.04. The van der Waals surface area contributed by atoms with E-state index < -0.39 is 51.5 Å². The summed E-state index contributed by atoms with van der Waals surface area (Å²) in [6.45, 7) is 6.14. The summed E-state index contributed by atoms with van der Waals surface area (Å²) in [6, 6.07) is 11.2. The molecule has 15 nitrogen and oxygen atoms in total. The van der Waals surface area contributed by atoms with Crippen molar-refractivity contribution in [3.05, 3.63) is 82.2 Å². The molecule has 0 unspecified atom stereocenters. The van der Waals surface area contributed by atoms with Gasteiger partial charge in [0.25, 0.3) is 21.9 Å². The molecular weight excluding hydrogens is 831 g/mol. The average molecular weight is 880 g/mol. The number of para-hydroxylation sites is 2. The van der Waals surface area contributed by atoms with Crippen LogP contribution in [0.25, 0.3) is 32.7 Å². The number of carbonyl (C=O) groups excluding carboxylic acids is 3. The number of carbonyl (C=O) groups is 3. The maximum atomic E-state index is 15.0. The Balaban J connectivity index is 1.07. The largest absolute Gasteiger partial charge is 0.496 e. The maximum absolute atomic E-state index is 15.0. The number of oxazole rings is 1. The topological polar surface area (TPSA) is 195 Å². The van der Waals surface area contributed by atoms with E-state index in [1.807, 2.05) is 60.9 Å². The van der Waals surface area contributed by atoms with Crippen molar-refractivity contribution in [1.82, 2.24) is 29.9 Å². The summed E-state index contributed by atoms with van der Waals surface area (Å²) in [5, 5.41) is 9.67. The van der Waals surface area contributed by atoms with E-state index in [-0.39, 0.29) is 48.6 Å². The molecule has 0 spiro atoms. The lowest BCUT2D eigenvalue weighted by molar-refractivity contribution is -0.140. The van der Waals surface area contributed by atoms with E-state index in [0.29, 0.717) is 46.7 Å². The summed E-state index contributed by atoms with van der Waals surface area (Å²) in [5.41, 5.74) is 2.73. The monoisotopic (exact) mass is 879 g/mol. The third kappa shape index (κ3) is 8.15. The zero-order valence-corrected chi connectivity index (χ0v) is 36.6. The Morgan fingerprint density at radius 1 is 1.08 bits per heavy atom. The number of hydrogen-bond donors (Lipinski definition) is 3. The molecule has 3 aromatic heterocycles. The number of fused-ring (bicyclic) bond motifs is 4. The number of amides is 3. The highest BCUT2D eigenvalue weighted by Gasteiger charge is 2.62. The number of ether oxygens (including phenoxy) is 2. The highest BCUT2D eigenvalue weighted by atomic mass is 32.2. The van der Waals surface area contributed by atoms with Crippen LogP contribution in [0, 0.1) is 12.8 Å². The molecule has 17 heteroatoms. The minimum absolute atomic E-state index is 0.0384. The number of aryl methyl sites for hydroxylation is 1. The molecule has 2 aliphatic heterocycles. The van der Waals surface area contributed by atoms with Crippen LogP contribution in [0.15, 0.2) is 75.4 Å². The number of nitrogens with zero attached hydrogens (tertiary/aromatic N) is 4. The van der Waals surface area contributed by atoms with Crippen molar-refractivity contribution >= 4 is 67.1 Å². The number of benzene rings is 2. The number of hydrogen-bond acceptors (Lipinski definition) is 13. The van der Waals surface area contributed by atoms with Crippen LogP contribution in [0.1, 0.15) is 82.4 Å². The molecule has 0 bridgehead atoms. The van der Waals surface area contributed by atoms with Crippen LogP contribution in [-0.4, -0.2) is 83.4 Å². The van der Waals surface area contributed by atoms with Gasteiger partial charge >= 0.3 is 0 Å². The van der Waals surface area contributed by atoms with Gasteiger partial charge in [-0.05, 0) is 62.8 Å². The van der Waals surface area contributed by atoms with Gasteiger partial charge in [-0.2, -0.15) is 4.98 Å². The number of sulfonamides is 1. The fourth-order valence-corrected chi connectivity index (χ4v) is 10.5. The molecule has 0 radical (unpaired) electrons. The van der Waals surface area contributed by atoms with Crippen molar-refractivity contribution < 1.29 is 36.7 Å². The van der Waals surface area contributed by atoms with Gasteiger partial charge in [-0.1, -0.05) is 57.0 Å². The van der Waals surface area contributed by atoms with Crippen molar-refractivity contribution in [2.24, 2.45) is 5.92 Å². The quantitative estimate of drug-likeness (QED) is 0.123. The molecule has 324 valence electrons. The second-order valence-electron chi connectivity index (χ2n) is 16.8. The lowest BCUT2D eigenvalue weighted by Crippen LogP contribution is -2.57. The van der Waals surface area contributed by atoms with Crippen molar-refractivity contribution in [3.8, 4) is 22.2 Å². The smallest absolute Gasteiger partial charge is 0.296 e. The van der Waals surface area contributed by atoms with Gasteiger partial charge in [-0.15, -0.1) is 11.3 Å². The third-order valence-corrected chi connectivity index (χ3v) is 14.5. The number of pyridine rings is 1. The van der Waals surface area contributed by atoms with Gasteiger partial charge in [0.1, 0.15) is 51.4 Å². The highest BCUT2D eigenvalue weighted by molar-refractivity contribution is 7.94. The van der Waals surface area contributed by atoms with Crippen molar-refractivity contribution in [1.29, 1.82) is 0 Å². The Morgan fingerprint density at radius 2 is 1.90 bits per heavy atom. The zero-order chi connectivity index (χ0) is 43.3. The maximum Gasteiger partial charge on any atom is 0.296 e. The predicted octanol–water partition coefficient (Wildman–Crippen LogP) is 6.90. The summed E-state index contributed by atoms with van der Waals surface area (Å²) in [6.07, 6.45) is 8.79. The van der Waals surface area contributed by atoms with Crippen LogP contribution in [0.2, 0.25) is 0 Å². The Kier molecular flexibility index (Phi) is 11.0. The van der Waals surface area contributed by atoms with E-state index in [1.165, 1.54) is 22.3 Å². The number of thiazole rings is 1. The third-order valence-electron chi connectivity index (χ3n) is 12.2. The lowest BCUT2D eigenvalue weighted by Gasteiger charge is -2.29. The molecule has 62 heavy (non-hydrogen) atoms. The predicted molar refractivity (Wildman–Crippen MR) is 235 cm³/mol. The molecule has 3 N–H and O–H groups in total. The number of aromatic nitrogens is 3. The number of methoxy groups -OCH3 is 1. The molecule has 3 amide bonds. The summed E-state index contributed by atoms with van der Waals surface area (Å²) in [5.74, 6) is -0.796. The summed E-state index contributed by atoms with van der Waals surface area (Å²) in [4.78, 5) is 59.8. The molecule has 4 aliphatic rings. The number of allylic oxidation sites excluding steroid dienone is 3. The molecule has 1 saturated carbocycles. The van der Waals surface area contributed by atoms with Crippen LogP contribution in [0.4, 0.5) is 6.01 Å². The van der Waals surface area contributed by atoms with Crippen molar-refractivity contribution in [3.63, 3.8) is 0 Å². The zero-order valence-electron chi connectivity index (χ0n) is 35.0. The first-order chi connectivity index (χ1) is 29.8. The molecule has 5 heterocycles. The Morgan fingerprint density at radius 3 is 2.66 bits per heavy atom. The first-order valence-electron chi connectivity index (χ1n) is 21.1. The lowest BCUT2D eigenvalue weighted by atomic mass is 10.0. The van der Waals surface area contributed by atoms with E-state index in [9.17, 15) is 22.8 Å². The summed E-state index contributed by atoms with van der Waals surface area (Å²) >= 11 is 1.49. The fourth-order valence-electron chi connectivity index (χ4n) is 8.44. The van der Waals surface area contributed by atoms with Gasteiger partial charge in [0.05, 0.1) is 29.8 Å². The van der Waals surface area contributed by atoms with E-state index in [2.05, 4.69) is 34.2 Å². The number of anilines is 1. The summed E-state index contributed by atoms with van der Waals surface area (Å²) in [7, 11) is -2.43. The fraction of sp³-hybridized carbons (Fsp3) is 0.422. The Labute approximate surface area is 363 Å². The first-order valence-corrected chi connectivity index (χ1v) is 23.5. The van der Waals surface area contributed by atoms with E-state index in [4.69, 9.17) is 23.9 Å². The van der Waals surface area contributed by atoms with E-state index in [0.717, 1.165) is 40.9 Å². The molecule has 1 saturated heterocycles. The number of nitrogens with one attached hydrogen (secondary N) is 3. The average Bonchev–Trinajstić information content (AvgIpc) is 4.04. The highest BCUT2D eigenvalue weighted by Crippen LogP contribution is 2.46. The van der Waals surface area contributed by atoms with Crippen LogP contribution < -0.4 is 24.8 Å². The molecule has 2 aliphatic carbocycles. The molecule has 5 atom stereocenters. The van der Waals surface area contributed by atoms with Gasteiger partial charge in [0.15, 0.2) is 5.58 Å². The van der Waals surface area contributed by atoms with Gasteiger partial charge < -0.3 is 29.4 Å². The number of rotatable bonds is 10. The molecule has 9 rings (SSSR count). The summed E-state index contributed by atoms with van der Waals surface area (Å²) < 4.78 is 46.6. The van der Waals surface area contributed by atoms with Gasteiger partial charge in [0, 0.05) is 41.2 Å². The van der Waals surface area contributed by atoms with Crippen LogP contribution in [0.5, 0.6) is 11.5 Å². The van der Waals surface area contributed by atoms with Crippen molar-refractivity contribution in [2.45, 2.75) is 102 Å². The van der Waals surface area contributed by atoms with Gasteiger partial charge in [0.2, 0.25) is 11.8 Å². The molecule has 2 fully saturated rings. The van der Waals surface area contributed by atoms with Gasteiger partial charge in [-0.3, -0.25) is 14.4 Å². The molecular formula is C45H49N7O8S2. The molecule has 2 aromatic carbocycles. The standard InChI is InChI=1S/C45H49N7O8S2/c1-25(2)34-24-61-41(47-34)33-21-38(30-18-19-36(58-4)26(3)39(30)46-33)59-28-20-35-40(53)50-45(43(55)51-62(56,57)29-16-17-29)22-27(45)12-8-6-5-7-9-14-32(42(54)52(35)23-28)49-44-48-31-13-10-11-15-37(31)60-44/h8,10-13,15-16,18-19,21,24-25,27-28,32,35H,5-7,9,14,17,20,22-23H2,1-4H3,(H,48,49)(H,50,53)(H,51,55)/b12-8-/t27-,28-,32+,35+,45-/m1/s1. The van der Waals surface area contributed by atoms with Crippen LogP contribution >= 0.6 is 11.3 Å². The Hall–Kier alpha value is -5.81. The van der Waals surface area contributed by atoms with Gasteiger partial charge in [-0.25, -0.2) is 23.1 Å². The first kappa shape index (κ1) is 41.5. The van der Waals surface area contributed by atoms with Crippen LogP contribution in [0.3, 0.4) is 0 Å². The van der Waals surface area contributed by atoms with Crippen molar-refractivity contribution in [2.75, 3.05) is 19.0 Å². The second-order valence-corrected chi connectivity index (χ2v) is 19.4. The normalized spacial score (nSPS) is 24.7. The SMILES string of the molecule is COc1ccc2c(O[C@@H]3C[C@H]4C(=O)N[C@]5(C(=O)NS(=O)(=O)C6=CC6)C[C@H]5/C=C\CCCCC[C@H](Nc5nc6ccccc6o5)C(=O)N4C3)cc(-c3nc(C(C)C)cs3)nc2c1C.